The molecule has 0 aliphatic rings. The number of hydrogen-bond acceptors (Lipinski definition) is 3. The zero-order valence-corrected chi connectivity index (χ0v) is 15.3. The van der Waals surface area contributed by atoms with E-state index in [1.807, 2.05) is 18.2 Å². The second-order valence-corrected chi connectivity index (χ2v) is 4.83. The molecule has 0 aliphatic heterocycles. The molecule has 0 saturated heterocycles. The van der Waals surface area contributed by atoms with E-state index in [1.54, 1.807) is 19.4 Å². The molecule has 5 nitrogen and oxygen atoms in total. The maximum absolute atomic E-state index is 5.89. The molecule has 0 fully saturated rings. The minimum atomic E-state index is 0. The van der Waals surface area contributed by atoms with Crippen LogP contribution in [0.2, 0.25) is 0 Å². The van der Waals surface area contributed by atoms with Gasteiger partial charge in [-0.2, -0.15) is 0 Å². The zero-order valence-electron chi connectivity index (χ0n) is 13.0. The van der Waals surface area contributed by atoms with Gasteiger partial charge in [0.1, 0.15) is 0 Å². The van der Waals surface area contributed by atoms with Crippen molar-refractivity contribution >= 4 is 35.6 Å². The second-order valence-electron chi connectivity index (χ2n) is 4.83. The van der Waals surface area contributed by atoms with Gasteiger partial charge in [0, 0.05) is 18.0 Å². The number of halogens is 1. The van der Waals surface area contributed by atoms with Crippen LogP contribution in [0.25, 0.3) is 0 Å². The molecule has 1 heterocycles. The Labute approximate surface area is 148 Å². The van der Waals surface area contributed by atoms with Crippen molar-refractivity contribution in [2.45, 2.75) is 20.4 Å². The van der Waals surface area contributed by atoms with Crippen LogP contribution in [0.5, 0.6) is 5.88 Å². The topological polar surface area (TPSA) is 72.5 Å². The van der Waals surface area contributed by atoms with Crippen molar-refractivity contribution in [1.82, 2.24) is 4.98 Å². The number of ether oxygens (including phenoxy) is 1. The highest BCUT2D eigenvalue weighted by Crippen LogP contribution is 2.14. The largest absolute Gasteiger partial charge is 0.481 e. The van der Waals surface area contributed by atoms with Crippen LogP contribution in [0, 0.1) is 13.8 Å². The molecule has 1 aromatic carbocycles. The van der Waals surface area contributed by atoms with E-state index in [-0.39, 0.29) is 24.0 Å². The van der Waals surface area contributed by atoms with Crippen molar-refractivity contribution < 1.29 is 4.74 Å². The van der Waals surface area contributed by atoms with Crippen molar-refractivity contribution in [2.75, 3.05) is 12.4 Å². The first kappa shape index (κ1) is 18.2. The number of nitrogens with two attached hydrogens (primary N) is 1. The number of nitrogens with zero attached hydrogens (tertiary/aromatic N) is 2. The first-order valence-corrected chi connectivity index (χ1v) is 6.71. The Balaban J connectivity index is 0.00000242. The van der Waals surface area contributed by atoms with Gasteiger partial charge in [-0.05, 0) is 42.7 Å². The molecule has 2 rings (SSSR count). The summed E-state index contributed by atoms with van der Waals surface area (Å²) < 4.78 is 5.01. The first-order chi connectivity index (χ1) is 10.1. The molecule has 118 valence electrons. The normalized spacial score (nSPS) is 10.8. The van der Waals surface area contributed by atoms with Crippen molar-refractivity contribution in [3.05, 3.63) is 53.2 Å². The zero-order chi connectivity index (χ0) is 15.2. The quantitative estimate of drug-likeness (QED) is 0.460. The summed E-state index contributed by atoms with van der Waals surface area (Å²) in [6, 6.07) is 9.81. The molecule has 3 N–H and O–H groups in total. The number of pyridine rings is 1. The van der Waals surface area contributed by atoms with Crippen LogP contribution < -0.4 is 15.8 Å². The Morgan fingerprint density at radius 3 is 2.59 bits per heavy atom. The van der Waals surface area contributed by atoms with Gasteiger partial charge in [0.2, 0.25) is 5.88 Å². The molecule has 1 aromatic heterocycles. The summed E-state index contributed by atoms with van der Waals surface area (Å²) >= 11 is 0. The average molecular weight is 412 g/mol. The summed E-state index contributed by atoms with van der Waals surface area (Å²) in [5.41, 5.74) is 10.3. The highest BCUT2D eigenvalue weighted by molar-refractivity contribution is 14.0. The van der Waals surface area contributed by atoms with Gasteiger partial charge in [-0.3, -0.25) is 0 Å². The minimum absolute atomic E-state index is 0. The fraction of sp³-hybridized carbons (Fsp3) is 0.250. The van der Waals surface area contributed by atoms with Gasteiger partial charge in [0.15, 0.2) is 5.96 Å². The Morgan fingerprint density at radius 2 is 2.00 bits per heavy atom. The van der Waals surface area contributed by atoms with E-state index in [0.29, 0.717) is 18.4 Å². The van der Waals surface area contributed by atoms with E-state index in [4.69, 9.17) is 10.5 Å². The molecular weight excluding hydrogens is 391 g/mol. The lowest BCUT2D eigenvalue weighted by Gasteiger charge is -2.08. The van der Waals surface area contributed by atoms with Crippen LogP contribution >= 0.6 is 24.0 Å². The van der Waals surface area contributed by atoms with Crippen molar-refractivity contribution in [1.29, 1.82) is 0 Å². The molecule has 0 amide bonds. The number of rotatable bonds is 4. The van der Waals surface area contributed by atoms with Crippen LogP contribution in [-0.4, -0.2) is 18.1 Å². The van der Waals surface area contributed by atoms with Crippen molar-refractivity contribution in [3.8, 4) is 5.88 Å². The smallest absolute Gasteiger partial charge is 0.212 e. The molecule has 0 radical (unpaired) electrons. The van der Waals surface area contributed by atoms with E-state index in [1.165, 1.54) is 11.1 Å². The maximum Gasteiger partial charge on any atom is 0.212 e. The monoisotopic (exact) mass is 412 g/mol. The Bertz CT molecular complexity index is 641. The van der Waals surface area contributed by atoms with Crippen LogP contribution in [0.15, 0.2) is 41.5 Å². The van der Waals surface area contributed by atoms with Gasteiger partial charge in [-0.1, -0.05) is 12.1 Å². The van der Waals surface area contributed by atoms with Gasteiger partial charge in [0.25, 0.3) is 0 Å². The summed E-state index contributed by atoms with van der Waals surface area (Å²) in [5, 5.41) is 3.09. The third kappa shape index (κ3) is 5.18. The number of hydrogen-bond donors (Lipinski definition) is 2. The molecule has 0 aliphatic carbocycles. The SMILES string of the molecule is COc1ccc(CN=C(N)Nc2ccc(C)c(C)c2)cn1.I. The third-order valence-corrected chi connectivity index (χ3v) is 3.22. The number of methoxy groups -OCH3 is 1. The Morgan fingerprint density at radius 1 is 1.23 bits per heavy atom. The summed E-state index contributed by atoms with van der Waals surface area (Å²) in [4.78, 5) is 8.43. The maximum atomic E-state index is 5.89. The van der Waals surface area contributed by atoms with Gasteiger partial charge in [0.05, 0.1) is 13.7 Å². The molecule has 0 atom stereocenters. The molecule has 0 unspecified atom stereocenters. The van der Waals surface area contributed by atoms with Gasteiger partial charge < -0.3 is 15.8 Å². The molecule has 0 spiro atoms. The summed E-state index contributed by atoms with van der Waals surface area (Å²) in [6.45, 7) is 4.62. The predicted octanol–water partition coefficient (Wildman–Crippen LogP) is 3.25. The molecule has 0 saturated carbocycles. The van der Waals surface area contributed by atoms with Crippen molar-refractivity contribution in [2.24, 2.45) is 10.7 Å². The number of benzene rings is 1. The fourth-order valence-electron chi connectivity index (χ4n) is 1.81. The number of guanidine groups is 1. The first-order valence-electron chi connectivity index (χ1n) is 6.71. The van der Waals surface area contributed by atoms with Crippen molar-refractivity contribution in [3.63, 3.8) is 0 Å². The molecule has 0 bridgehead atoms. The molecular formula is C16H21IN4O. The minimum Gasteiger partial charge on any atom is -0.481 e. The van der Waals surface area contributed by atoms with E-state index in [9.17, 15) is 0 Å². The van der Waals surface area contributed by atoms with Crippen LogP contribution in [-0.2, 0) is 6.54 Å². The molecule has 22 heavy (non-hydrogen) atoms. The summed E-state index contributed by atoms with van der Waals surface area (Å²) in [6.07, 6.45) is 1.73. The predicted molar refractivity (Wildman–Crippen MR) is 101 cm³/mol. The summed E-state index contributed by atoms with van der Waals surface area (Å²) in [7, 11) is 1.59. The third-order valence-electron chi connectivity index (χ3n) is 3.22. The second kappa shape index (κ2) is 8.57. The summed E-state index contributed by atoms with van der Waals surface area (Å²) in [5.74, 6) is 0.970. The van der Waals surface area contributed by atoms with E-state index in [2.05, 4.69) is 35.2 Å². The number of aliphatic imine (C=N–C) groups is 1. The van der Waals surface area contributed by atoms with Crippen LogP contribution in [0.3, 0.4) is 0 Å². The highest BCUT2D eigenvalue weighted by atomic mass is 127. The van der Waals surface area contributed by atoms with Gasteiger partial charge >= 0.3 is 0 Å². The van der Waals surface area contributed by atoms with E-state index >= 15 is 0 Å². The van der Waals surface area contributed by atoms with Crippen LogP contribution in [0.1, 0.15) is 16.7 Å². The van der Waals surface area contributed by atoms with E-state index in [0.717, 1.165) is 11.3 Å². The average Bonchev–Trinajstić information content (AvgIpc) is 2.49. The Kier molecular flexibility index (Phi) is 7.10. The highest BCUT2D eigenvalue weighted by Gasteiger charge is 1.99. The lowest BCUT2D eigenvalue weighted by Crippen LogP contribution is -2.22. The molecule has 2 aromatic rings. The van der Waals surface area contributed by atoms with Crippen LogP contribution in [0.4, 0.5) is 5.69 Å². The molecule has 6 heteroatoms. The Hall–Kier alpha value is -1.83. The fourth-order valence-corrected chi connectivity index (χ4v) is 1.81. The number of aryl methyl sites for hydroxylation is 2. The number of nitrogens with one attached hydrogen (secondary N) is 1. The number of aromatic nitrogens is 1. The lowest BCUT2D eigenvalue weighted by atomic mass is 10.1. The van der Waals surface area contributed by atoms with Gasteiger partial charge in [-0.25, -0.2) is 9.98 Å². The lowest BCUT2D eigenvalue weighted by molar-refractivity contribution is 0.397. The van der Waals surface area contributed by atoms with E-state index < -0.39 is 0 Å². The standard InChI is InChI=1S/C16H20N4O.HI/c1-11-4-6-14(8-12(11)2)20-16(17)19-10-13-5-7-15(21-3)18-9-13;/h4-9H,10H2,1-3H3,(H3,17,19,20);1H. The van der Waals surface area contributed by atoms with Gasteiger partial charge in [-0.15, -0.1) is 24.0 Å². The number of anilines is 1.